The van der Waals surface area contributed by atoms with Crippen LogP contribution in [-0.2, 0) is 5.41 Å². The molecule has 0 bridgehead atoms. The summed E-state index contributed by atoms with van der Waals surface area (Å²) in [5.74, 6) is 0. The Kier molecular flexibility index (Phi) is 2.81. The van der Waals surface area contributed by atoms with E-state index in [9.17, 15) is 0 Å². The second-order valence-corrected chi connectivity index (χ2v) is 6.56. The first-order chi connectivity index (χ1) is 8.25. The molecule has 0 unspecified atom stereocenters. The van der Waals surface area contributed by atoms with E-state index in [1.807, 2.05) is 18.4 Å². The Bertz CT molecular complexity index is 523. The van der Waals surface area contributed by atoms with E-state index in [0.29, 0.717) is 5.41 Å². The van der Waals surface area contributed by atoms with Crippen LogP contribution in [0.1, 0.15) is 23.4 Å². The first-order valence-electron chi connectivity index (χ1n) is 5.90. The molecule has 1 N–H and O–H groups in total. The lowest BCUT2D eigenvalue weighted by Gasteiger charge is -2.10. The maximum Gasteiger partial charge on any atom is 0.101 e. The SMILES string of the molecule is CNCC1(c2nc(-c3sccc3C)cs2)CC1. The van der Waals surface area contributed by atoms with Gasteiger partial charge in [-0.25, -0.2) is 4.98 Å². The summed E-state index contributed by atoms with van der Waals surface area (Å²) in [6, 6.07) is 2.17. The summed E-state index contributed by atoms with van der Waals surface area (Å²) in [4.78, 5) is 6.18. The Balaban J connectivity index is 1.91. The summed E-state index contributed by atoms with van der Waals surface area (Å²) in [6.45, 7) is 3.22. The number of thiophene rings is 1. The van der Waals surface area contributed by atoms with Gasteiger partial charge >= 0.3 is 0 Å². The molecule has 0 saturated heterocycles. The second kappa shape index (κ2) is 4.19. The first-order valence-corrected chi connectivity index (χ1v) is 7.66. The lowest BCUT2D eigenvalue weighted by Crippen LogP contribution is -2.23. The normalized spacial score (nSPS) is 17.3. The van der Waals surface area contributed by atoms with Crippen LogP contribution < -0.4 is 5.32 Å². The maximum absolute atomic E-state index is 4.86. The van der Waals surface area contributed by atoms with Gasteiger partial charge in [0.2, 0.25) is 0 Å². The van der Waals surface area contributed by atoms with Gasteiger partial charge < -0.3 is 5.32 Å². The first kappa shape index (κ1) is 11.4. The fraction of sp³-hybridized carbons (Fsp3) is 0.462. The van der Waals surface area contributed by atoms with Crippen LogP contribution >= 0.6 is 22.7 Å². The summed E-state index contributed by atoms with van der Waals surface area (Å²) in [7, 11) is 2.03. The number of nitrogens with one attached hydrogen (secondary N) is 1. The highest BCUT2D eigenvalue weighted by atomic mass is 32.1. The molecule has 0 radical (unpaired) electrons. The van der Waals surface area contributed by atoms with Gasteiger partial charge in [0.15, 0.2) is 0 Å². The minimum Gasteiger partial charge on any atom is -0.319 e. The third kappa shape index (κ3) is 1.94. The molecule has 4 heteroatoms. The van der Waals surface area contributed by atoms with Gasteiger partial charge in [0.25, 0.3) is 0 Å². The van der Waals surface area contributed by atoms with Crippen molar-refractivity contribution in [1.29, 1.82) is 0 Å². The summed E-state index contributed by atoms with van der Waals surface area (Å²) in [5.41, 5.74) is 2.85. The highest BCUT2D eigenvalue weighted by Gasteiger charge is 2.46. The average Bonchev–Trinajstić information content (AvgIpc) is 2.77. The van der Waals surface area contributed by atoms with Gasteiger partial charge in [0.05, 0.1) is 10.6 Å². The highest BCUT2D eigenvalue weighted by Crippen LogP contribution is 2.49. The third-order valence-corrected chi connectivity index (χ3v) is 5.55. The van der Waals surface area contributed by atoms with Crippen LogP contribution in [0.25, 0.3) is 10.6 Å². The van der Waals surface area contributed by atoms with Gasteiger partial charge in [-0.3, -0.25) is 0 Å². The van der Waals surface area contributed by atoms with E-state index in [0.717, 1.165) is 6.54 Å². The molecule has 1 aliphatic carbocycles. The number of hydrogen-bond acceptors (Lipinski definition) is 4. The number of likely N-dealkylation sites (N-methyl/N-ethyl adjacent to an activating group) is 1. The minimum absolute atomic E-state index is 0.350. The van der Waals surface area contributed by atoms with Gasteiger partial charge in [-0.1, -0.05) is 0 Å². The van der Waals surface area contributed by atoms with Crippen molar-refractivity contribution in [2.45, 2.75) is 25.2 Å². The zero-order valence-corrected chi connectivity index (χ0v) is 11.8. The van der Waals surface area contributed by atoms with Crippen LogP contribution in [0.3, 0.4) is 0 Å². The molecule has 0 aromatic carbocycles. The molecule has 2 aromatic rings. The van der Waals surface area contributed by atoms with Crippen molar-refractivity contribution in [3.05, 3.63) is 27.4 Å². The Labute approximate surface area is 110 Å². The van der Waals surface area contributed by atoms with Crippen LogP contribution in [0.2, 0.25) is 0 Å². The van der Waals surface area contributed by atoms with Crippen LogP contribution in [0.15, 0.2) is 16.8 Å². The third-order valence-electron chi connectivity index (χ3n) is 3.42. The largest absolute Gasteiger partial charge is 0.319 e. The van der Waals surface area contributed by atoms with Gasteiger partial charge in [-0.05, 0) is 43.8 Å². The van der Waals surface area contributed by atoms with Crippen molar-refractivity contribution in [2.75, 3.05) is 13.6 Å². The molecule has 2 nitrogen and oxygen atoms in total. The predicted molar refractivity (Wildman–Crippen MR) is 75.0 cm³/mol. The predicted octanol–water partition coefficient (Wildman–Crippen LogP) is 3.43. The van der Waals surface area contributed by atoms with Crippen molar-refractivity contribution < 1.29 is 0 Å². The number of aryl methyl sites for hydroxylation is 1. The standard InChI is InChI=1S/C13H16N2S2/c1-9-3-6-16-11(9)10-7-17-12(15-10)13(4-5-13)8-14-2/h3,6-7,14H,4-5,8H2,1-2H3. The monoisotopic (exact) mass is 264 g/mol. The molecule has 3 rings (SSSR count). The summed E-state index contributed by atoms with van der Waals surface area (Å²) in [6.07, 6.45) is 2.56. The van der Waals surface area contributed by atoms with Crippen LogP contribution in [-0.4, -0.2) is 18.6 Å². The molecule has 2 heterocycles. The number of thiazole rings is 1. The van der Waals surface area contributed by atoms with Gasteiger partial charge in [0, 0.05) is 17.3 Å². The molecule has 0 aliphatic heterocycles. The van der Waals surface area contributed by atoms with Gasteiger partial charge in [-0.2, -0.15) is 0 Å². The molecule has 0 amide bonds. The van der Waals surface area contributed by atoms with Gasteiger partial charge in [0.1, 0.15) is 5.01 Å². The minimum atomic E-state index is 0.350. The molecule has 1 fully saturated rings. The van der Waals surface area contributed by atoms with E-state index in [-0.39, 0.29) is 0 Å². The van der Waals surface area contributed by atoms with Crippen molar-refractivity contribution in [1.82, 2.24) is 10.3 Å². The number of rotatable bonds is 4. The fourth-order valence-corrected chi connectivity index (χ4v) is 4.25. The maximum atomic E-state index is 4.86. The van der Waals surface area contributed by atoms with E-state index in [1.165, 1.54) is 34.0 Å². The number of aromatic nitrogens is 1. The van der Waals surface area contributed by atoms with Crippen molar-refractivity contribution >= 4 is 22.7 Å². The summed E-state index contributed by atoms with van der Waals surface area (Å²) < 4.78 is 0. The summed E-state index contributed by atoms with van der Waals surface area (Å²) >= 11 is 3.61. The quantitative estimate of drug-likeness (QED) is 0.915. The van der Waals surface area contributed by atoms with E-state index in [1.54, 1.807) is 11.3 Å². The van der Waals surface area contributed by atoms with E-state index < -0.39 is 0 Å². The Morgan fingerprint density at radius 3 is 2.82 bits per heavy atom. The Hall–Kier alpha value is -0.710. The van der Waals surface area contributed by atoms with Crippen molar-refractivity contribution in [3.63, 3.8) is 0 Å². The zero-order chi connectivity index (χ0) is 11.9. The second-order valence-electron chi connectivity index (χ2n) is 4.78. The van der Waals surface area contributed by atoms with E-state index in [2.05, 4.69) is 29.1 Å². The smallest absolute Gasteiger partial charge is 0.101 e. The number of nitrogens with zero attached hydrogens (tertiary/aromatic N) is 1. The number of hydrogen-bond donors (Lipinski definition) is 1. The molecular formula is C13H16N2S2. The van der Waals surface area contributed by atoms with Crippen molar-refractivity contribution in [2.24, 2.45) is 0 Å². The van der Waals surface area contributed by atoms with Gasteiger partial charge in [-0.15, -0.1) is 22.7 Å². The van der Waals surface area contributed by atoms with Crippen molar-refractivity contribution in [3.8, 4) is 10.6 Å². The Morgan fingerprint density at radius 2 is 2.24 bits per heavy atom. The van der Waals surface area contributed by atoms with E-state index >= 15 is 0 Å². The molecule has 1 aliphatic rings. The Morgan fingerprint density at radius 1 is 1.41 bits per heavy atom. The molecule has 0 spiro atoms. The van der Waals surface area contributed by atoms with E-state index in [4.69, 9.17) is 4.98 Å². The summed E-state index contributed by atoms with van der Waals surface area (Å²) in [5, 5.41) is 8.96. The molecular weight excluding hydrogens is 248 g/mol. The molecule has 90 valence electrons. The molecule has 2 aromatic heterocycles. The fourth-order valence-electron chi connectivity index (χ4n) is 2.21. The highest BCUT2D eigenvalue weighted by molar-refractivity contribution is 7.14. The van der Waals surface area contributed by atoms with Crippen LogP contribution in [0.5, 0.6) is 0 Å². The van der Waals surface area contributed by atoms with Crippen LogP contribution in [0.4, 0.5) is 0 Å². The zero-order valence-electron chi connectivity index (χ0n) is 10.1. The topological polar surface area (TPSA) is 24.9 Å². The molecule has 1 saturated carbocycles. The molecule has 0 atom stereocenters. The lowest BCUT2D eigenvalue weighted by molar-refractivity contribution is 0.621. The van der Waals surface area contributed by atoms with Crippen LogP contribution in [0, 0.1) is 6.92 Å². The molecule has 17 heavy (non-hydrogen) atoms. The average molecular weight is 264 g/mol. The lowest BCUT2D eigenvalue weighted by atomic mass is 10.1.